The zero-order valence-electron chi connectivity index (χ0n) is 16.7. The second kappa shape index (κ2) is 7.29. The molecule has 1 fully saturated rings. The lowest BCUT2D eigenvalue weighted by Crippen LogP contribution is -2.36. The van der Waals surface area contributed by atoms with Gasteiger partial charge in [-0.05, 0) is 62.4 Å². The van der Waals surface area contributed by atoms with Gasteiger partial charge in [-0.2, -0.15) is 0 Å². The standard InChI is InChI=1S/C23H23N5O/c1-16-13-18(14-17(2)25-16)21-7-8-22-23(26-21)28(15-24-22)20-5-3-19(4-6-20)27-9-11-29-12-10-27/h3-8,13-15H,9-12H2,1-2H3. The van der Waals surface area contributed by atoms with E-state index in [0.717, 1.165) is 65.8 Å². The van der Waals surface area contributed by atoms with Crippen molar-refractivity contribution < 1.29 is 4.74 Å². The molecule has 0 unspecified atom stereocenters. The Balaban J connectivity index is 1.51. The van der Waals surface area contributed by atoms with Crippen molar-refractivity contribution in [3.63, 3.8) is 0 Å². The van der Waals surface area contributed by atoms with Crippen LogP contribution in [0.2, 0.25) is 0 Å². The Morgan fingerprint density at radius 3 is 2.24 bits per heavy atom. The number of hydrogen-bond donors (Lipinski definition) is 0. The molecule has 0 radical (unpaired) electrons. The highest BCUT2D eigenvalue weighted by Gasteiger charge is 2.13. The molecule has 1 aliphatic heterocycles. The van der Waals surface area contributed by atoms with Gasteiger partial charge < -0.3 is 9.64 Å². The summed E-state index contributed by atoms with van der Waals surface area (Å²) in [6, 6.07) is 16.8. The van der Waals surface area contributed by atoms with Gasteiger partial charge in [0, 0.05) is 41.4 Å². The summed E-state index contributed by atoms with van der Waals surface area (Å²) in [5, 5.41) is 0. The van der Waals surface area contributed by atoms with Gasteiger partial charge in [-0.15, -0.1) is 0 Å². The predicted molar refractivity (Wildman–Crippen MR) is 115 cm³/mol. The number of nitrogens with zero attached hydrogens (tertiary/aromatic N) is 5. The number of anilines is 1. The van der Waals surface area contributed by atoms with Crippen LogP contribution in [-0.2, 0) is 4.74 Å². The van der Waals surface area contributed by atoms with Crippen molar-refractivity contribution >= 4 is 16.9 Å². The number of aromatic nitrogens is 4. The van der Waals surface area contributed by atoms with Crippen molar-refractivity contribution in [2.24, 2.45) is 0 Å². The summed E-state index contributed by atoms with van der Waals surface area (Å²) in [5.41, 5.74) is 8.00. The predicted octanol–water partition coefficient (Wildman–Crippen LogP) is 3.94. The summed E-state index contributed by atoms with van der Waals surface area (Å²) in [6.07, 6.45) is 1.84. The zero-order chi connectivity index (χ0) is 19.8. The highest BCUT2D eigenvalue weighted by Crippen LogP contribution is 2.25. The fourth-order valence-corrected chi connectivity index (χ4v) is 3.87. The van der Waals surface area contributed by atoms with Crippen LogP contribution in [0.25, 0.3) is 28.1 Å². The minimum atomic E-state index is 0.786. The first-order valence-corrected chi connectivity index (χ1v) is 9.90. The lowest BCUT2D eigenvalue weighted by molar-refractivity contribution is 0.122. The largest absolute Gasteiger partial charge is 0.378 e. The van der Waals surface area contributed by atoms with E-state index >= 15 is 0 Å². The monoisotopic (exact) mass is 385 g/mol. The molecule has 6 heteroatoms. The van der Waals surface area contributed by atoms with Crippen LogP contribution in [0.3, 0.4) is 0 Å². The lowest BCUT2D eigenvalue weighted by atomic mass is 10.1. The van der Waals surface area contributed by atoms with Crippen LogP contribution >= 0.6 is 0 Å². The van der Waals surface area contributed by atoms with Crippen molar-refractivity contribution in [3.8, 4) is 16.9 Å². The van der Waals surface area contributed by atoms with Gasteiger partial charge in [0.1, 0.15) is 11.8 Å². The minimum absolute atomic E-state index is 0.786. The maximum absolute atomic E-state index is 5.45. The minimum Gasteiger partial charge on any atom is -0.378 e. The fraction of sp³-hybridized carbons (Fsp3) is 0.261. The smallest absolute Gasteiger partial charge is 0.165 e. The highest BCUT2D eigenvalue weighted by atomic mass is 16.5. The average Bonchev–Trinajstić information content (AvgIpc) is 3.17. The van der Waals surface area contributed by atoms with Gasteiger partial charge in [-0.1, -0.05) is 0 Å². The molecule has 146 valence electrons. The topological polar surface area (TPSA) is 56.1 Å². The molecule has 29 heavy (non-hydrogen) atoms. The summed E-state index contributed by atoms with van der Waals surface area (Å²) < 4.78 is 7.49. The third-order valence-electron chi connectivity index (χ3n) is 5.28. The number of ether oxygens (including phenoxy) is 1. The quantitative estimate of drug-likeness (QED) is 0.535. The van der Waals surface area contributed by atoms with E-state index in [4.69, 9.17) is 9.72 Å². The van der Waals surface area contributed by atoms with E-state index in [1.807, 2.05) is 36.9 Å². The van der Waals surface area contributed by atoms with Gasteiger partial charge in [-0.25, -0.2) is 9.97 Å². The summed E-state index contributed by atoms with van der Waals surface area (Å²) in [7, 11) is 0. The molecule has 0 bridgehead atoms. The second-order valence-corrected chi connectivity index (χ2v) is 7.41. The van der Waals surface area contributed by atoms with Crippen LogP contribution in [0.15, 0.2) is 54.9 Å². The van der Waals surface area contributed by atoms with Crippen LogP contribution in [-0.4, -0.2) is 45.8 Å². The van der Waals surface area contributed by atoms with Crippen LogP contribution in [0.5, 0.6) is 0 Å². The molecule has 0 spiro atoms. The van der Waals surface area contributed by atoms with Crippen molar-refractivity contribution in [2.45, 2.75) is 13.8 Å². The van der Waals surface area contributed by atoms with Gasteiger partial charge in [0.25, 0.3) is 0 Å². The Morgan fingerprint density at radius 2 is 1.52 bits per heavy atom. The van der Waals surface area contributed by atoms with Crippen LogP contribution in [0.4, 0.5) is 5.69 Å². The first kappa shape index (κ1) is 17.8. The molecule has 6 nitrogen and oxygen atoms in total. The number of hydrogen-bond acceptors (Lipinski definition) is 5. The van der Waals surface area contributed by atoms with Crippen molar-refractivity contribution in [3.05, 3.63) is 66.2 Å². The van der Waals surface area contributed by atoms with E-state index in [0.29, 0.717) is 0 Å². The van der Waals surface area contributed by atoms with E-state index in [1.54, 1.807) is 0 Å². The van der Waals surface area contributed by atoms with E-state index in [-0.39, 0.29) is 0 Å². The van der Waals surface area contributed by atoms with Gasteiger partial charge in [-0.3, -0.25) is 9.55 Å². The van der Waals surface area contributed by atoms with E-state index in [1.165, 1.54) is 5.69 Å². The molecule has 4 heterocycles. The molecule has 5 rings (SSSR count). The second-order valence-electron chi connectivity index (χ2n) is 7.41. The number of morpholine rings is 1. The zero-order valence-corrected chi connectivity index (χ0v) is 16.7. The van der Waals surface area contributed by atoms with Crippen LogP contribution < -0.4 is 4.90 Å². The molecular weight excluding hydrogens is 362 g/mol. The Morgan fingerprint density at radius 1 is 0.828 bits per heavy atom. The molecule has 0 saturated carbocycles. The Bertz CT molecular complexity index is 1140. The number of pyridine rings is 2. The van der Waals surface area contributed by atoms with Crippen molar-refractivity contribution in [1.29, 1.82) is 0 Å². The molecule has 0 atom stereocenters. The third-order valence-corrected chi connectivity index (χ3v) is 5.28. The molecule has 1 saturated heterocycles. The maximum Gasteiger partial charge on any atom is 0.165 e. The lowest BCUT2D eigenvalue weighted by Gasteiger charge is -2.28. The number of fused-ring (bicyclic) bond motifs is 1. The first-order chi connectivity index (χ1) is 14.2. The molecule has 0 aliphatic carbocycles. The molecule has 0 N–H and O–H groups in total. The number of aryl methyl sites for hydroxylation is 2. The SMILES string of the molecule is Cc1cc(-c2ccc3ncn(-c4ccc(N5CCOCC5)cc4)c3n2)cc(C)n1. The fourth-order valence-electron chi connectivity index (χ4n) is 3.87. The summed E-state index contributed by atoms with van der Waals surface area (Å²) in [4.78, 5) is 16.3. The third kappa shape index (κ3) is 3.47. The summed E-state index contributed by atoms with van der Waals surface area (Å²) in [5.74, 6) is 0. The van der Waals surface area contributed by atoms with Crippen molar-refractivity contribution in [1.82, 2.24) is 19.5 Å². The van der Waals surface area contributed by atoms with Gasteiger partial charge in [0.05, 0.1) is 18.9 Å². The van der Waals surface area contributed by atoms with E-state index in [9.17, 15) is 0 Å². The Hall–Kier alpha value is -3.25. The molecular formula is C23H23N5O. The van der Waals surface area contributed by atoms with Crippen molar-refractivity contribution in [2.75, 3.05) is 31.2 Å². The molecule has 0 amide bonds. The van der Waals surface area contributed by atoms with Gasteiger partial charge in [0.2, 0.25) is 0 Å². The van der Waals surface area contributed by atoms with Gasteiger partial charge >= 0.3 is 0 Å². The first-order valence-electron chi connectivity index (χ1n) is 9.90. The summed E-state index contributed by atoms with van der Waals surface area (Å²) >= 11 is 0. The highest BCUT2D eigenvalue weighted by molar-refractivity contribution is 5.77. The number of benzene rings is 1. The average molecular weight is 385 g/mol. The normalized spacial score (nSPS) is 14.5. The van der Waals surface area contributed by atoms with E-state index in [2.05, 4.69) is 51.3 Å². The van der Waals surface area contributed by atoms with E-state index < -0.39 is 0 Å². The maximum atomic E-state index is 5.45. The molecule has 4 aromatic rings. The van der Waals surface area contributed by atoms with Crippen LogP contribution in [0.1, 0.15) is 11.4 Å². The summed E-state index contributed by atoms with van der Waals surface area (Å²) in [6.45, 7) is 7.46. The number of imidazole rings is 1. The van der Waals surface area contributed by atoms with Gasteiger partial charge in [0.15, 0.2) is 5.65 Å². The van der Waals surface area contributed by atoms with Crippen LogP contribution in [0, 0.1) is 13.8 Å². The number of rotatable bonds is 3. The Kier molecular flexibility index (Phi) is 4.48. The molecule has 1 aliphatic rings. The Labute approximate surface area is 169 Å². The molecule has 1 aromatic carbocycles. The molecule has 3 aromatic heterocycles.